The topological polar surface area (TPSA) is 57.8 Å². The van der Waals surface area contributed by atoms with Crippen LogP contribution in [0.25, 0.3) is 100 Å². The Bertz CT molecular complexity index is 3810. The predicted octanol–water partition coefficient (Wildman–Crippen LogP) is 15.2. The van der Waals surface area contributed by atoms with E-state index in [-0.39, 0.29) is 0 Å². The molecule has 1 aliphatic heterocycles. The second kappa shape index (κ2) is 14.7. The highest BCUT2D eigenvalue weighted by atomic mass is 16.5. The fourth-order valence-corrected chi connectivity index (χ4v) is 10.4. The Morgan fingerprint density at radius 1 is 0.379 bits per heavy atom. The van der Waals surface area contributed by atoms with E-state index in [1.54, 1.807) is 0 Å². The number of nitrogens with zero attached hydrogens (tertiary/aromatic N) is 5. The summed E-state index contributed by atoms with van der Waals surface area (Å²) in [6, 6.07) is 74.6. The van der Waals surface area contributed by atoms with Gasteiger partial charge in [0.05, 0.1) is 27.5 Å². The number of hydrogen-bond acceptors (Lipinski definition) is 4. The minimum atomic E-state index is -0.420. The quantitative estimate of drug-likeness (QED) is 0.167. The SMILES string of the molecule is CC1(C)c2ccc3c(c2Oc2ccc4c(c21)c1ccccc1n4-c1cccc(-c2nc(-c4ccccc4)nc(-c4ccccc4)n2)c1)c1ccccc1n3-c1cccc(-c2ccccc2)c1. The first kappa shape index (κ1) is 37.9. The fraction of sp³-hybridized carbons (Fsp3) is 0.0500. The van der Waals surface area contributed by atoms with Gasteiger partial charge in [-0.25, -0.2) is 15.0 Å². The third-order valence-electron chi connectivity index (χ3n) is 13.4. The van der Waals surface area contributed by atoms with Crippen LogP contribution in [0.4, 0.5) is 0 Å². The molecular formula is C60H41N5O. The minimum Gasteiger partial charge on any atom is -0.456 e. The van der Waals surface area contributed by atoms with Gasteiger partial charge in [0.15, 0.2) is 17.5 Å². The van der Waals surface area contributed by atoms with E-state index in [1.807, 2.05) is 60.7 Å². The van der Waals surface area contributed by atoms with Crippen molar-refractivity contribution in [3.05, 3.63) is 223 Å². The number of aromatic nitrogens is 5. The van der Waals surface area contributed by atoms with Crippen LogP contribution in [0, 0.1) is 0 Å². The van der Waals surface area contributed by atoms with Crippen LogP contribution in [0.5, 0.6) is 11.5 Å². The van der Waals surface area contributed by atoms with Crippen LogP contribution in [-0.2, 0) is 5.41 Å². The molecule has 9 aromatic carbocycles. The van der Waals surface area contributed by atoms with Gasteiger partial charge in [0.1, 0.15) is 11.5 Å². The van der Waals surface area contributed by atoms with Gasteiger partial charge >= 0.3 is 0 Å². The van der Waals surface area contributed by atoms with Gasteiger partial charge in [-0.2, -0.15) is 0 Å². The highest BCUT2D eigenvalue weighted by Crippen LogP contribution is 2.55. The summed E-state index contributed by atoms with van der Waals surface area (Å²) in [7, 11) is 0. The lowest BCUT2D eigenvalue weighted by Gasteiger charge is -2.35. The summed E-state index contributed by atoms with van der Waals surface area (Å²) < 4.78 is 12.0. The molecule has 6 heteroatoms. The lowest BCUT2D eigenvalue weighted by Crippen LogP contribution is -2.24. The Morgan fingerprint density at radius 3 is 1.44 bits per heavy atom. The first-order valence-electron chi connectivity index (χ1n) is 22.4. The van der Waals surface area contributed by atoms with Gasteiger partial charge < -0.3 is 13.9 Å². The van der Waals surface area contributed by atoms with E-state index in [0.717, 1.165) is 78.0 Å². The molecule has 0 aliphatic carbocycles. The van der Waals surface area contributed by atoms with Crippen LogP contribution in [0.3, 0.4) is 0 Å². The second-order valence-electron chi connectivity index (χ2n) is 17.6. The van der Waals surface area contributed by atoms with Crippen molar-refractivity contribution in [1.82, 2.24) is 24.1 Å². The van der Waals surface area contributed by atoms with Crippen LogP contribution >= 0.6 is 0 Å². The van der Waals surface area contributed by atoms with Crippen LogP contribution in [0.15, 0.2) is 212 Å². The van der Waals surface area contributed by atoms with E-state index in [0.29, 0.717) is 17.5 Å². The summed E-state index contributed by atoms with van der Waals surface area (Å²) >= 11 is 0. The maximum Gasteiger partial charge on any atom is 0.164 e. The molecular weight excluding hydrogens is 807 g/mol. The van der Waals surface area contributed by atoms with Gasteiger partial charge in [0.2, 0.25) is 0 Å². The van der Waals surface area contributed by atoms with Crippen molar-refractivity contribution in [3.63, 3.8) is 0 Å². The average molecular weight is 848 g/mol. The summed E-state index contributed by atoms with van der Waals surface area (Å²) in [5.74, 6) is 3.67. The molecule has 13 rings (SSSR count). The van der Waals surface area contributed by atoms with Crippen molar-refractivity contribution in [2.75, 3.05) is 0 Å². The summed E-state index contributed by atoms with van der Waals surface area (Å²) in [5.41, 5.74) is 13.7. The van der Waals surface area contributed by atoms with Crippen molar-refractivity contribution in [2.45, 2.75) is 19.3 Å². The molecule has 0 saturated carbocycles. The van der Waals surface area contributed by atoms with E-state index in [1.165, 1.54) is 27.5 Å². The molecule has 0 saturated heterocycles. The van der Waals surface area contributed by atoms with Crippen LogP contribution in [-0.4, -0.2) is 24.1 Å². The van der Waals surface area contributed by atoms with Gasteiger partial charge in [-0.15, -0.1) is 0 Å². The van der Waals surface area contributed by atoms with E-state index in [9.17, 15) is 0 Å². The van der Waals surface area contributed by atoms with Gasteiger partial charge in [-0.05, 0) is 65.7 Å². The van der Waals surface area contributed by atoms with Crippen molar-refractivity contribution in [3.8, 4) is 68.2 Å². The molecule has 3 aromatic heterocycles. The standard InChI is InChI=1S/C60H41N5O/c1-60(2)47-32-33-51-54(46-29-13-15-31-49(46)65(51)43-26-16-24-41(36-43)38-18-6-3-7-19-38)56(47)66-52-35-34-50-53(55(52)60)45-28-12-14-30-48(45)64(50)44-27-17-25-42(37-44)59-62-57(39-20-8-4-9-21-39)61-58(63-59)40-22-10-5-11-23-40/h3-37H,1-2H3. The molecule has 312 valence electrons. The zero-order valence-electron chi connectivity index (χ0n) is 36.4. The Kier molecular flexibility index (Phi) is 8.46. The van der Waals surface area contributed by atoms with Crippen molar-refractivity contribution >= 4 is 43.6 Å². The molecule has 0 fully saturated rings. The smallest absolute Gasteiger partial charge is 0.164 e. The van der Waals surface area contributed by atoms with E-state index in [4.69, 9.17) is 19.7 Å². The molecule has 1 aliphatic rings. The number of ether oxygens (including phenoxy) is 1. The Morgan fingerprint density at radius 2 is 0.833 bits per heavy atom. The number of fused-ring (bicyclic) bond motifs is 10. The highest BCUT2D eigenvalue weighted by molar-refractivity contribution is 6.15. The molecule has 0 radical (unpaired) electrons. The van der Waals surface area contributed by atoms with Crippen molar-refractivity contribution in [2.24, 2.45) is 0 Å². The molecule has 12 aromatic rings. The number of hydrogen-bond donors (Lipinski definition) is 0. The molecule has 0 atom stereocenters. The van der Waals surface area contributed by atoms with Crippen molar-refractivity contribution in [1.29, 1.82) is 0 Å². The molecule has 6 nitrogen and oxygen atoms in total. The number of benzene rings is 9. The highest BCUT2D eigenvalue weighted by Gasteiger charge is 2.39. The third-order valence-corrected chi connectivity index (χ3v) is 13.4. The fourth-order valence-electron chi connectivity index (χ4n) is 10.4. The van der Waals surface area contributed by atoms with Crippen LogP contribution in [0.2, 0.25) is 0 Å². The molecule has 4 heterocycles. The normalized spacial score (nSPS) is 12.9. The van der Waals surface area contributed by atoms with Crippen molar-refractivity contribution < 1.29 is 4.74 Å². The number of rotatable bonds is 6. The minimum absolute atomic E-state index is 0.420. The van der Waals surface area contributed by atoms with E-state index in [2.05, 4.69) is 175 Å². The lowest BCUT2D eigenvalue weighted by atomic mass is 9.73. The first-order chi connectivity index (χ1) is 32.5. The van der Waals surface area contributed by atoms with Gasteiger partial charge in [-0.3, -0.25) is 0 Å². The summed E-state index contributed by atoms with van der Waals surface area (Å²) in [4.78, 5) is 15.1. The average Bonchev–Trinajstić information content (AvgIpc) is 3.90. The summed E-state index contributed by atoms with van der Waals surface area (Å²) in [5, 5.41) is 4.64. The second-order valence-corrected chi connectivity index (χ2v) is 17.6. The third kappa shape index (κ3) is 5.85. The Hall–Kier alpha value is -8.61. The van der Waals surface area contributed by atoms with Gasteiger partial charge in [0.25, 0.3) is 0 Å². The Labute approximate surface area is 381 Å². The number of para-hydroxylation sites is 2. The maximum absolute atomic E-state index is 7.28. The van der Waals surface area contributed by atoms with Gasteiger partial charge in [-0.1, -0.05) is 172 Å². The Balaban J connectivity index is 0.972. The van der Waals surface area contributed by atoms with Gasteiger partial charge in [0, 0.05) is 60.8 Å². The molecule has 0 unspecified atom stereocenters. The largest absolute Gasteiger partial charge is 0.456 e. The zero-order chi connectivity index (χ0) is 43.9. The first-order valence-corrected chi connectivity index (χ1v) is 22.4. The monoisotopic (exact) mass is 847 g/mol. The molecule has 0 N–H and O–H groups in total. The molecule has 0 amide bonds. The maximum atomic E-state index is 7.28. The van der Waals surface area contributed by atoms with Crippen LogP contribution in [0.1, 0.15) is 25.0 Å². The zero-order valence-corrected chi connectivity index (χ0v) is 36.4. The lowest BCUT2D eigenvalue weighted by molar-refractivity contribution is 0.426. The van der Waals surface area contributed by atoms with E-state index >= 15 is 0 Å². The van der Waals surface area contributed by atoms with E-state index < -0.39 is 5.41 Å². The van der Waals surface area contributed by atoms with Crippen LogP contribution < -0.4 is 4.74 Å². The predicted molar refractivity (Wildman–Crippen MR) is 269 cm³/mol. The summed E-state index contributed by atoms with van der Waals surface area (Å²) in [6.07, 6.45) is 0. The summed E-state index contributed by atoms with van der Waals surface area (Å²) in [6.45, 7) is 4.70. The molecule has 0 bridgehead atoms. The molecule has 0 spiro atoms. The molecule has 66 heavy (non-hydrogen) atoms.